The van der Waals surface area contributed by atoms with E-state index in [-0.39, 0.29) is 47.5 Å². The molecule has 1 aromatic carbocycles. The molecule has 2 aliphatic heterocycles. The van der Waals surface area contributed by atoms with Gasteiger partial charge in [-0.2, -0.15) is 0 Å². The highest BCUT2D eigenvalue weighted by Crippen LogP contribution is 2.20. The molecule has 1 atom stereocenters. The van der Waals surface area contributed by atoms with E-state index in [0.29, 0.717) is 32.4 Å². The van der Waals surface area contributed by atoms with Crippen molar-refractivity contribution in [3.8, 4) is 0 Å². The van der Waals surface area contributed by atoms with Gasteiger partial charge in [-0.05, 0) is 37.0 Å². The van der Waals surface area contributed by atoms with Crippen LogP contribution in [-0.2, 0) is 25.8 Å². The number of rotatable bonds is 4. The fraction of sp³-hybridized carbons (Fsp3) is 0.556. The van der Waals surface area contributed by atoms with Crippen molar-refractivity contribution in [2.24, 2.45) is 5.92 Å². The molecule has 2 heterocycles. The number of sulfone groups is 1. The summed E-state index contributed by atoms with van der Waals surface area (Å²) in [7, 11) is -3.02. The van der Waals surface area contributed by atoms with Crippen LogP contribution in [0.15, 0.2) is 24.3 Å². The summed E-state index contributed by atoms with van der Waals surface area (Å²) in [5.41, 5.74) is 0.763. The van der Waals surface area contributed by atoms with Crippen LogP contribution >= 0.6 is 0 Å². The first kappa shape index (κ1) is 18.8. The lowest BCUT2D eigenvalue weighted by Gasteiger charge is -2.32. The maximum atomic E-state index is 12.9. The SMILES string of the molecule is O=C(NC1CCS(=O)(=O)C1)C1CCN(C(=O)Cc2ccc(F)cc2)CC1. The summed E-state index contributed by atoms with van der Waals surface area (Å²) in [6.07, 6.45) is 1.83. The van der Waals surface area contributed by atoms with Gasteiger partial charge in [-0.3, -0.25) is 9.59 Å². The van der Waals surface area contributed by atoms with E-state index >= 15 is 0 Å². The molecule has 142 valence electrons. The fourth-order valence-corrected chi connectivity index (χ4v) is 5.18. The van der Waals surface area contributed by atoms with Crippen molar-refractivity contribution >= 4 is 21.7 Å². The van der Waals surface area contributed by atoms with Crippen LogP contribution in [0.2, 0.25) is 0 Å². The Kier molecular flexibility index (Phi) is 5.60. The molecule has 2 aliphatic rings. The second kappa shape index (κ2) is 7.73. The molecule has 0 saturated carbocycles. The van der Waals surface area contributed by atoms with Crippen LogP contribution in [0.1, 0.15) is 24.8 Å². The van der Waals surface area contributed by atoms with Crippen molar-refractivity contribution in [1.82, 2.24) is 10.2 Å². The first-order valence-electron chi connectivity index (χ1n) is 8.85. The molecule has 2 saturated heterocycles. The molecule has 1 unspecified atom stereocenters. The second-order valence-corrected chi connectivity index (χ2v) is 9.30. The van der Waals surface area contributed by atoms with Gasteiger partial charge in [0, 0.05) is 25.0 Å². The van der Waals surface area contributed by atoms with E-state index in [1.165, 1.54) is 12.1 Å². The van der Waals surface area contributed by atoms with Crippen molar-refractivity contribution in [1.29, 1.82) is 0 Å². The maximum absolute atomic E-state index is 12.9. The molecular weight excluding hydrogens is 359 g/mol. The topological polar surface area (TPSA) is 83.6 Å². The Labute approximate surface area is 152 Å². The largest absolute Gasteiger partial charge is 0.352 e. The van der Waals surface area contributed by atoms with Crippen LogP contribution in [0.25, 0.3) is 0 Å². The number of likely N-dealkylation sites (tertiary alicyclic amines) is 1. The van der Waals surface area contributed by atoms with Crippen LogP contribution in [0.5, 0.6) is 0 Å². The molecule has 1 aromatic rings. The zero-order chi connectivity index (χ0) is 18.7. The van der Waals surface area contributed by atoms with Gasteiger partial charge in [-0.15, -0.1) is 0 Å². The molecule has 6 nitrogen and oxygen atoms in total. The van der Waals surface area contributed by atoms with E-state index in [4.69, 9.17) is 0 Å². The van der Waals surface area contributed by atoms with Gasteiger partial charge < -0.3 is 10.2 Å². The first-order valence-corrected chi connectivity index (χ1v) is 10.7. The molecule has 0 aromatic heterocycles. The molecule has 0 aliphatic carbocycles. The number of halogens is 1. The van der Waals surface area contributed by atoms with E-state index in [0.717, 1.165) is 5.56 Å². The summed E-state index contributed by atoms with van der Waals surface area (Å²) >= 11 is 0. The standard InChI is InChI=1S/C18H23FN2O4S/c19-15-3-1-13(2-4-15)11-17(22)21-8-5-14(6-9-21)18(23)20-16-7-10-26(24,25)12-16/h1-4,14,16H,5-12H2,(H,20,23). The molecule has 2 fully saturated rings. The van der Waals surface area contributed by atoms with Crippen molar-refractivity contribution in [2.45, 2.75) is 31.7 Å². The molecular formula is C18H23FN2O4S. The normalized spacial score (nSPS) is 23.0. The van der Waals surface area contributed by atoms with Crippen LogP contribution in [-0.4, -0.2) is 55.8 Å². The van der Waals surface area contributed by atoms with E-state index in [1.54, 1.807) is 17.0 Å². The van der Waals surface area contributed by atoms with Gasteiger partial charge >= 0.3 is 0 Å². The minimum Gasteiger partial charge on any atom is -0.352 e. The summed E-state index contributed by atoms with van der Waals surface area (Å²) in [4.78, 5) is 26.4. The van der Waals surface area contributed by atoms with Crippen LogP contribution < -0.4 is 5.32 Å². The third-order valence-corrected chi connectivity index (χ3v) is 6.83. The molecule has 0 spiro atoms. The average molecular weight is 382 g/mol. The lowest BCUT2D eigenvalue weighted by atomic mass is 9.95. The number of carbonyl (C=O) groups excluding carboxylic acids is 2. The number of carbonyl (C=O) groups is 2. The monoisotopic (exact) mass is 382 g/mol. The Bertz CT molecular complexity index is 771. The first-order chi connectivity index (χ1) is 12.3. The molecule has 8 heteroatoms. The lowest BCUT2D eigenvalue weighted by Crippen LogP contribution is -2.46. The average Bonchev–Trinajstić information content (AvgIpc) is 2.95. The molecule has 2 amide bonds. The van der Waals surface area contributed by atoms with Gasteiger partial charge in [0.05, 0.1) is 17.9 Å². The number of benzene rings is 1. The summed E-state index contributed by atoms with van der Waals surface area (Å²) in [5, 5.41) is 2.84. The third-order valence-electron chi connectivity index (χ3n) is 5.07. The zero-order valence-corrected chi connectivity index (χ0v) is 15.3. The Morgan fingerprint density at radius 3 is 2.35 bits per heavy atom. The fourth-order valence-electron chi connectivity index (χ4n) is 3.51. The Balaban J connectivity index is 1.45. The molecule has 26 heavy (non-hydrogen) atoms. The highest BCUT2D eigenvalue weighted by molar-refractivity contribution is 7.91. The van der Waals surface area contributed by atoms with Crippen molar-refractivity contribution < 1.29 is 22.4 Å². The van der Waals surface area contributed by atoms with Gasteiger partial charge in [0.1, 0.15) is 5.82 Å². The quantitative estimate of drug-likeness (QED) is 0.839. The van der Waals surface area contributed by atoms with Crippen LogP contribution in [0, 0.1) is 11.7 Å². The number of piperidine rings is 1. The predicted octanol–water partition coefficient (Wildman–Crippen LogP) is 0.910. The molecule has 1 N–H and O–H groups in total. The highest BCUT2D eigenvalue weighted by Gasteiger charge is 2.32. The van der Waals surface area contributed by atoms with Gasteiger partial charge in [0.15, 0.2) is 9.84 Å². The number of amides is 2. The summed E-state index contributed by atoms with van der Waals surface area (Å²) in [6, 6.07) is 5.59. The summed E-state index contributed by atoms with van der Waals surface area (Å²) < 4.78 is 35.9. The smallest absolute Gasteiger partial charge is 0.226 e. The maximum Gasteiger partial charge on any atom is 0.226 e. The van der Waals surface area contributed by atoms with Crippen molar-refractivity contribution in [2.75, 3.05) is 24.6 Å². The van der Waals surface area contributed by atoms with Gasteiger partial charge in [-0.1, -0.05) is 12.1 Å². The van der Waals surface area contributed by atoms with Gasteiger partial charge in [0.2, 0.25) is 11.8 Å². The number of hydrogen-bond donors (Lipinski definition) is 1. The number of nitrogens with one attached hydrogen (secondary N) is 1. The summed E-state index contributed by atoms with van der Waals surface area (Å²) in [6.45, 7) is 1.00. The molecule has 0 radical (unpaired) electrons. The van der Waals surface area contributed by atoms with E-state index in [1.807, 2.05) is 0 Å². The summed E-state index contributed by atoms with van der Waals surface area (Å²) in [5.74, 6) is -0.506. The van der Waals surface area contributed by atoms with Gasteiger partial charge in [0.25, 0.3) is 0 Å². The van der Waals surface area contributed by atoms with Gasteiger partial charge in [-0.25, -0.2) is 12.8 Å². The predicted molar refractivity (Wildman–Crippen MR) is 94.6 cm³/mol. The molecule has 0 bridgehead atoms. The third kappa shape index (κ3) is 4.81. The van der Waals surface area contributed by atoms with E-state index in [9.17, 15) is 22.4 Å². The minimum atomic E-state index is -3.02. The van der Waals surface area contributed by atoms with Crippen molar-refractivity contribution in [3.63, 3.8) is 0 Å². The van der Waals surface area contributed by atoms with Crippen LogP contribution in [0.3, 0.4) is 0 Å². The van der Waals surface area contributed by atoms with Crippen molar-refractivity contribution in [3.05, 3.63) is 35.6 Å². The lowest BCUT2D eigenvalue weighted by molar-refractivity contribution is -0.135. The highest BCUT2D eigenvalue weighted by atomic mass is 32.2. The Morgan fingerprint density at radius 2 is 1.77 bits per heavy atom. The Morgan fingerprint density at radius 1 is 1.12 bits per heavy atom. The zero-order valence-electron chi connectivity index (χ0n) is 14.5. The number of nitrogens with zero attached hydrogens (tertiary/aromatic N) is 1. The minimum absolute atomic E-state index is 0.0216. The van der Waals surface area contributed by atoms with E-state index < -0.39 is 9.84 Å². The second-order valence-electron chi connectivity index (χ2n) is 7.07. The number of hydrogen-bond acceptors (Lipinski definition) is 4. The molecule has 3 rings (SSSR count). The van der Waals surface area contributed by atoms with Crippen LogP contribution in [0.4, 0.5) is 4.39 Å². The Hall–Kier alpha value is -1.96. The van der Waals surface area contributed by atoms with E-state index in [2.05, 4.69) is 5.32 Å².